The molecule has 0 radical (unpaired) electrons. The van der Waals surface area contributed by atoms with Gasteiger partial charge in [0.1, 0.15) is 0 Å². The Morgan fingerprint density at radius 1 is 0.387 bits per heavy atom. The van der Waals surface area contributed by atoms with E-state index >= 15 is 0 Å². The standard InChI is InChI=1S/C29H62N2/c1-4-7-8-9-10-11-12-13-14-15-16-17-18-19-20-21-22-23-24-25-27-30-28-26-29-31(5-2)6-3/h30H,4-29H2,1-3H3. The molecule has 0 atom stereocenters. The Bertz CT molecular complexity index is 301. The van der Waals surface area contributed by atoms with Crippen molar-refractivity contribution in [3.8, 4) is 0 Å². The number of nitrogens with zero attached hydrogens (tertiary/aromatic N) is 1. The molecule has 0 rings (SSSR count). The summed E-state index contributed by atoms with van der Waals surface area (Å²) in [5.41, 5.74) is 0. The quantitative estimate of drug-likeness (QED) is 0.129. The number of hydrogen-bond donors (Lipinski definition) is 1. The minimum atomic E-state index is 1.19. The molecule has 0 fully saturated rings. The van der Waals surface area contributed by atoms with E-state index in [1.807, 2.05) is 0 Å². The highest BCUT2D eigenvalue weighted by Gasteiger charge is 1.98. The highest BCUT2D eigenvalue weighted by Crippen LogP contribution is 2.14. The summed E-state index contributed by atoms with van der Waals surface area (Å²) in [5.74, 6) is 0. The van der Waals surface area contributed by atoms with Crippen LogP contribution in [0.15, 0.2) is 0 Å². The first-order valence-corrected chi connectivity index (χ1v) is 14.8. The van der Waals surface area contributed by atoms with Gasteiger partial charge in [0, 0.05) is 0 Å². The van der Waals surface area contributed by atoms with Crippen LogP contribution in [0.2, 0.25) is 0 Å². The van der Waals surface area contributed by atoms with E-state index in [9.17, 15) is 0 Å². The fraction of sp³-hybridized carbons (Fsp3) is 1.00. The average Bonchev–Trinajstić information content (AvgIpc) is 2.79. The maximum Gasteiger partial charge on any atom is -0.000687 e. The Kier molecular flexibility index (Phi) is 27.9. The van der Waals surface area contributed by atoms with E-state index in [0.29, 0.717) is 0 Å². The van der Waals surface area contributed by atoms with Gasteiger partial charge < -0.3 is 10.2 Å². The zero-order chi connectivity index (χ0) is 22.7. The average molecular weight is 439 g/mol. The molecule has 2 heteroatoms. The zero-order valence-corrected chi connectivity index (χ0v) is 22.3. The molecule has 0 aromatic heterocycles. The molecule has 0 aromatic carbocycles. The monoisotopic (exact) mass is 438 g/mol. The lowest BCUT2D eigenvalue weighted by atomic mass is 10.0. The van der Waals surface area contributed by atoms with Crippen LogP contribution in [-0.2, 0) is 0 Å². The summed E-state index contributed by atoms with van der Waals surface area (Å²) in [6.07, 6.45) is 30.5. The fourth-order valence-corrected chi connectivity index (χ4v) is 4.60. The van der Waals surface area contributed by atoms with Crippen LogP contribution in [0.4, 0.5) is 0 Å². The summed E-state index contributed by atoms with van der Waals surface area (Å²) in [6, 6.07) is 0. The number of nitrogens with one attached hydrogen (secondary N) is 1. The molecule has 1 N–H and O–H groups in total. The SMILES string of the molecule is CCCCCCCCCCCCCCCCCCCCCCNCCCN(CC)CC. The summed E-state index contributed by atoms with van der Waals surface area (Å²) in [4.78, 5) is 2.51. The van der Waals surface area contributed by atoms with Crippen molar-refractivity contribution < 1.29 is 0 Å². The molecule has 0 spiro atoms. The number of hydrogen-bond acceptors (Lipinski definition) is 2. The molecule has 0 bridgehead atoms. The van der Waals surface area contributed by atoms with Crippen LogP contribution in [0, 0.1) is 0 Å². The van der Waals surface area contributed by atoms with E-state index in [1.54, 1.807) is 0 Å². The molecule has 0 saturated heterocycles. The van der Waals surface area contributed by atoms with Crippen molar-refractivity contribution in [3.63, 3.8) is 0 Å². The highest BCUT2D eigenvalue weighted by atomic mass is 15.1. The topological polar surface area (TPSA) is 15.3 Å². The van der Waals surface area contributed by atoms with Crippen molar-refractivity contribution in [2.24, 2.45) is 0 Å². The van der Waals surface area contributed by atoms with Gasteiger partial charge in [-0.25, -0.2) is 0 Å². The van der Waals surface area contributed by atoms with Crippen molar-refractivity contribution in [2.45, 2.75) is 156 Å². The second-order valence-corrected chi connectivity index (χ2v) is 9.85. The van der Waals surface area contributed by atoms with Crippen molar-refractivity contribution in [3.05, 3.63) is 0 Å². The van der Waals surface area contributed by atoms with Gasteiger partial charge >= 0.3 is 0 Å². The molecule has 0 aliphatic rings. The van der Waals surface area contributed by atoms with Crippen LogP contribution in [-0.4, -0.2) is 37.6 Å². The minimum absolute atomic E-state index is 1.19. The molecule has 0 aromatic rings. The summed E-state index contributed by atoms with van der Waals surface area (Å²) in [5, 5.41) is 3.62. The fourth-order valence-electron chi connectivity index (χ4n) is 4.60. The lowest BCUT2D eigenvalue weighted by Crippen LogP contribution is -2.27. The Hall–Kier alpha value is -0.0800. The Morgan fingerprint density at radius 3 is 1.06 bits per heavy atom. The molecule has 0 saturated carbocycles. The Labute approximate surface area is 198 Å². The van der Waals surface area contributed by atoms with Crippen LogP contribution >= 0.6 is 0 Å². The maximum atomic E-state index is 3.62. The lowest BCUT2D eigenvalue weighted by Gasteiger charge is -2.17. The van der Waals surface area contributed by atoms with Crippen molar-refractivity contribution in [1.82, 2.24) is 10.2 Å². The molecule has 2 nitrogen and oxygen atoms in total. The zero-order valence-electron chi connectivity index (χ0n) is 22.3. The Morgan fingerprint density at radius 2 is 0.710 bits per heavy atom. The van der Waals surface area contributed by atoms with Crippen molar-refractivity contribution >= 4 is 0 Å². The van der Waals surface area contributed by atoms with E-state index < -0.39 is 0 Å². The first-order valence-electron chi connectivity index (χ1n) is 14.8. The van der Waals surface area contributed by atoms with E-state index in [-0.39, 0.29) is 0 Å². The van der Waals surface area contributed by atoms with Gasteiger partial charge in [-0.3, -0.25) is 0 Å². The van der Waals surface area contributed by atoms with Gasteiger partial charge in [0.05, 0.1) is 0 Å². The first kappa shape index (κ1) is 30.9. The summed E-state index contributed by atoms with van der Waals surface area (Å²) < 4.78 is 0. The van der Waals surface area contributed by atoms with Crippen molar-refractivity contribution in [1.29, 1.82) is 0 Å². The van der Waals surface area contributed by atoms with Crippen molar-refractivity contribution in [2.75, 3.05) is 32.7 Å². The third-order valence-corrected chi connectivity index (χ3v) is 6.93. The first-order chi connectivity index (χ1) is 15.3. The molecule has 0 amide bonds. The van der Waals surface area contributed by atoms with Gasteiger partial charge in [-0.15, -0.1) is 0 Å². The third kappa shape index (κ3) is 26.1. The minimum Gasteiger partial charge on any atom is -0.317 e. The smallest absolute Gasteiger partial charge is 0.000687 e. The van der Waals surface area contributed by atoms with Crippen LogP contribution in [0.5, 0.6) is 0 Å². The largest absolute Gasteiger partial charge is 0.317 e. The predicted octanol–water partition coefficient (Wildman–Crippen LogP) is 9.13. The molecular formula is C29H62N2. The second-order valence-electron chi connectivity index (χ2n) is 9.85. The lowest BCUT2D eigenvalue weighted by molar-refractivity contribution is 0.298. The van der Waals surface area contributed by atoms with Crippen LogP contribution in [0.1, 0.15) is 156 Å². The molecule has 0 heterocycles. The summed E-state index contributed by atoms with van der Waals surface area (Å²) >= 11 is 0. The van der Waals surface area contributed by atoms with Crippen LogP contribution in [0.25, 0.3) is 0 Å². The van der Waals surface area contributed by atoms with Gasteiger partial charge in [-0.2, -0.15) is 0 Å². The second kappa shape index (κ2) is 28.0. The molecule has 0 unspecified atom stereocenters. The number of rotatable bonds is 27. The van der Waals surface area contributed by atoms with Gasteiger partial charge in [0.25, 0.3) is 0 Å². The molecule has 0 aliphatic carbocycles. The van der Waals surface area contributed by atoms with Gasteiger partial charge in [-0.05, 0) is 45.6 Å². The summed E-state index contributed by atoms with van der Waals surface area (Å²) in [7, 11) is 0. The van der Waals surface area contributed by atoms with E-state index in [4.69, 9.17) is 0 Å². The van der Waals surface area contributed by atoms with Gasteiger partial charge in [-0.1, -0.05) is 143 Å². The van der Waals surface area contributed by atoms with E-state index in [0.717, 1.165) is 0 Å². The highest BCUT2D eigenvalue weighted by molar-refractivity contribution is 4.56. The maximum absolute atomic E-state index is 3.62. The van der Waals surface area contributed by atoms with Gasteiger partial charge in [0.2, 0.25) is 0 Å². The van der Waals surface area contributed by atoms with E-state index in [2.05, 4.69) is 31.0 Å². The molecule has 188 valence electrons. The Balaban J connectivity index is 3.04. The molecule has 0 aliphatic heterocycles. The predicted molar refractivity (Wildman–Crippen MR) is 143 cm³/mol. The molecular weight excluding hydrogens is 376 g/mol. The van der Waals surface area contributed by atoms with E-state index in [1.165, 1.54) is 168 Å². The van der Waals surface area contributed by atoms with Crippen LogP contribution in [0.3, 0.4) is 0 Å². The normalized spacial score (nSPS) is 11.6. The number of unbranched alkanes of at least 4 members (excludes halogenated alkanes) is 19. The van der Waals surface area contributed by atoms with Gasteiger partial charge in [0.15, 0.2) is 0 Å². The molecule has 31 heavy (non-hydrogen) atoms. The van der Waals surface area contributed by atoms with Crippen LogP contribution < -0.4 is 5.32 Å². The summed E-state index contributed by atoms with van der Waals surface area (Å²) in [6.45, 7) is 12.9. The third-order valence-electron chi connectivity index (χ3n) is 6.93.